The summed E-state index contributed by atoms with van der Waals surface area (Å²) in [5, 5.41) is 2.65. The molecule has 0 bridgehead atoms. The molecule has 1 heterocycles. The minimum absolute atomic E-state index is 0.158. The molecule has 0 aliphatic carbocycles. The molecule has 2 aromatic rings. The molecule has 1 aromatic heterocycles. The first-order valence-corrected chi connectivity index (χ1v) is 7.65. The molecule has 116 valence electrons. The molecule has 1 N–H and O–H groups in total. The fourth-order valence-corrected chi connectivity index (χ4v) is 2.19. The highest BCUT2D eigenvalue weighted by atomic mass is 79.9. The zero-order valence-corrected chi connectivity index (χ0v) is 13.6. The van der Waals surface area contributed by atoms with Gasteiger partial charge in [-0.2, -0.15) is 0 Å². The Morgan fingerprint density at radius 2 is 2.00 bits per heavy atom. The van der Waals surface area contributed by atoms with Crippen LogP contribution in [0.15, 0.2) is 51.6 Å². The Labute approximate surface area is 136 Å². The van der Waals surface area contributed by atoms with E-state index in [-0.39, 0.29) is 12.4 Å². The number of benzene rings is 1. The number of furan rings is 1. The highest BCUT2D eigenvalue weighted by Gasteiger charge is 2.24. The van der Waals surface area contributed by atoms with E-state index in [9.17, 15) is 9.59 Å². The van der Waals surface area contributed by atoms with Gasteiger partial charge in [0.05, 0.1) is 12.9 Å². The predicted octanol–water partition coefficient (Wildman–Crippen LogP) is 2.95. The molecule has 0 saturated heterocycles. The fraction of sp³-hybridized carbons (Fsp3) is 0.250. The number of esters is 1. The van der Waals surface area contributed by atoms with Crippen LogP contribution in [0.3, 0.4) is 0 Å². The van der Waals surface area contributed by atoms with Crippen LogP contribution in [0.5, 0.6) is 0 Å². The lowest BCUT2D eigenvalue weighted by molar-refractivity contribution is -0.145. The van der Waals surface area contributed by atoms with Gasteiger partial charge in [-0.1, -0.05) is 28.1 Å². The van der Waals surface area contributed by atoms with Gasteiger partial charge in [0, 0.05) is 10.9 Å². The normalized spacial score (nSPS) is 11.7. The third-order valence-corrected chi connectivity index (χ3v) is 3.50. The van der Waals surface area contributed by atoms with Crippen LogP contribution in [0.4, 0.5) is 0 Å². The van der Waals surface area contributed by atoms with Crippen LogP contribution in [-0.4, -0.2) is 24.5 Å². The van der Waals surface area contributed by atoms with Crippen LogP contribution < -0.4 is 5.32 Å². The standard InChI is InChI=1S/C16H16BrNO4/c1-2-21-16(20)13(10-11-5-7-12(17)8-6-11)18-15(19)14-4-3-9-22-14/h3-9,13H,2,10H2,1H3,(H,18,19). The van der Waals surface area contributed by atoms with Gasteiger partial charge in [-0.25, -0.2) is 4.79 Å². The number of ether oxygens (including phenoxy) is 1. The number of nitrogens with one attached hydrogen (secondary N) is 1. The number of halogens is 1. The number of rotatable bonds is 6. The molecule has 1 atom stereocenters. The molecule has 2 rings (SSSR count). The maximum Gasteiger partial charge on any atom is 0.328 e. The molecule has 0 aliphatic heterocycles. The van der Waals surface area contributed by atoms with Gasteiger partial charge in [0.2, 0.25) is 0 Å². The molecule has 6 heteroatoms. The monoisotopic (exact) mass is 365 g/mol. The van der Waals surface area contributed by atoms with E-state index in [1.165, 1.54) is 12.3 Å². The number of carbonyl (C=O) groups excluding carboxylic acids is 2. The van der Waals surface area contributed by atoms with Crippen LogP contribution in [0.2, 0.25) is 0 Å². The molecule has 0 fully saturated rings. The lowest BCUT2D eigenvalue weighted by Gasteiger charge is -2.16. The van der Waals surface area contributed by atoms with Gasteiger partial charge in [0.15, 0.2) is 5.76 Å². The molecule has 0 spiro atoms. The average Bonchev–Trinajstić information content (AvgIpc) is 3.03. The third-order valence-electron chi connectivity index (χ3n) is 2.97. The van der Waals surface area contributed by atoms with Crippen LogP contribution in [0.1, 0.15) is 23.0 Å². The summed E-state index contributed by atoms with van der Waals surface area (Å²) in [6, 6.07) is 9.92. The topological polar surface area (TPSA) is 68.5 Å². The van der Waals surface area contributed by atoms with Crippen LogP contribution in [0, 0.1) is 0 Å². The van der Waals surface area contributed by atoms with E-state index in [0.717, 1.165) is 10.0 Å². The summed E-state index contributed by atoms with van der Waals surface area (Å²) in [5.41, 5.74) is 0.918. The Morgan fingerprint density at radius 3 is 2.59 bits per heavy atom. The van der Waals surface area contributed by atoms with Crippen molar-refractivity contribution in [2.45, 2.75) is 19.4 Å². The Balaban J connectivity index is 2.10. The van der Waals surface area contributed by atoms with Gasteiger partial charge in [0.1, 0.15) is 6.04 Å². The first-order valence-electron chi connectivity index (χ1n) is 6.85. The van der Waals surface area contributed by atoms with Gasteiger partial charge in [0.25, 0.3) is 5.91 Å². The van der Waals surface area contributed by atoms with Gasteiger partial charge in [-0.15, -0.1) is 0 Å². The highest BCUT2D eigenvalue weighted by Crippen LogP contribution is 2.13. The molecule has 0 radical (unpaired) electrons. The number of amides is 1. The number of hydrogen-bond donors (Lipinski definition) is 1. The smallest absolute Gasteiger partial charge is 0.328 e. The van der Waals surface area contributed by atoms with Gasteiger partial charge >= 0.3 is 5.97 Å². The molecule has 0 aliphatic rings. The van der Waals surface area contributed by atoms with Crippen LogP contribution >= 0.6 is 15.9 Å². The minimum Gasteiger partial charge on any atom is -0.464 e. The van der Waals surface area contributed by atoms with Crippen molar-refractivity contribution in [2.75, 3.05) is 6.61 Å². The van der Waals surface area contributed by atoms with E-state index in [1.54, 1.807) is 13.0 Å². The summed E-state index contributed by atoms with van der Waals surface area (Å²) < 4.78 is 11.0. The van der Waals surface area contributed by atoms with Crippen molar-refractivity contribution in [1.29, 1.82) is 0 Å². The second kappa shape index (κ2) is 7.79. The van der Waals surface area contributed by atoms with Crippen molar-refractivity contribution in [3.63, 3.8) is 0 Å². The van der Waals surface area contributed by atoms with E-state index >= 15 is 0 Å². The highest BCUT2D eigenvalue weighted by molar-refractivity contribution is 9.10. The maximum atomic E-state index is 12.0. The number of hydrogen-bond acceptors (Lipinski definition) is 4. The molecule has 1 amide bonds. The zero-order chi connectivity index (χ0) is 15.9. The van der Waals surface area contributed by atoms with Crippen molar-refractivity contribution in [3.05, 3.63) is 58.5 Å². The average molecular weight is 366 g/mol. The lowest BCUT2D eigenvalue weighted by atomic mass is 10.1. The van der Waals surface area contributed by atoms with E-state index in [0.29, 0.717) is 6.42 Å². The van der Waals surface area contributed by atoms with Crippen LogP contribution in [0.25, 0.3) is 0 Å². The Morgan fingerprint density at radius 1 is 1.27 bits per heavy atom. The lowest BCUT2D eigenvalue weighted by Crippen LogP contribution is -2.43. The van der Waals surface area contributed by atoms with Gasteiger partial charge < -0.3 is 14.5 Å². The molecule has 1 aromatic carbocycles. The first-order chi connectivity index (χ1) is 10.6. The van der Waals surface area contributed by atoms with Gasteiger partial charge in [-0.05, 0) is 36.8 Å². The third kappa shape index (κ3) is 4.46. The van der Waals surface area contributed by atoms with Crippen molar-refractivity contribution in [1.82, 2.24) is 5.32 Å². The summed E-state index contributed by atoms with van der Waals surface area (Å²) in [4.78, 5) is 24.1. The SMILES string of the molecule is CCOC(=O)C(Cc1ccc(Br)cc1)NC(=O)c1ccco1. The zero-order valence-electron chi connectivity index (χ0n) is 12.0. The molecule has 22 heavy (non-hydrogen) atoms. The van der Waals surface area contributed by atoms with E-state index < -0.39 is 17.9 Å². The predicted molar refractivity (Wildman–Crippen MR) is 84.4 cm³/mol. The summed E-state index contributed by atoms with van der Waals surface area (Å²) in [5.74, 6) is -0.754. The van der Waals surface area contributed by atoms with E-state index in [1.807, 2.05) is 24.3 Å². The minimum atomic E-state index is -0.765. The fourth-order valence-electron chi connectivity index (χ4n) is 1.93. The van der Waals surface area contributed by atoms with Gasteiger partial charge in [-0.3, -0.25) is 4.79 Å². The largest absolute Gasteiger partial charge is 0.464 e. The van der Waals surface area contributed by atoms with Crippen LogP contribution in [-0.2, 0) is 16.0 Å². The molecular weight excluding hydrogens is 350 g/mol. The van der Waals surface area contributed by atoms with Crippen molar-refractivity contribution in [2.24, 2.45) is 0 Å². The van der Waals surface area contributed by atoms with Crippen molar-refractivity contribution < 1.29 is 18.7 Å². The summed E-state index contributed by atoms with van der Waals surface area (Å²) in [6.45, 7) is 1.98. The Bertz CT molecular complexity index is 622. The molecule has 0 saturated carbocycles. The summed E-state index contributed by atoms with van der Waals surface area (Å²) in [6.07, 6.45) is 1.75. The van der Waals surface area contributed by atoms with Crippen molar-refractivity contribution in [3.8, 4) is 0 Å². The number of carbonyl (C=O) groups is 2. The van der Waals surface area contributed by atoms with E-state index in [2.05, 4.69) is 21.2 Å². The Hall–Kier alpha value is -2.08. The van der Waals surface area contributed by atoms with Crippen molar-refractivity contribution >= 4 is 27.8 Å². The second-order valence-corrected chi connectivity index (χ2v) is 5.50. The quantitative estimate of drug-likeness (QED) is 0.799. The molecule has 1 unspecified atom stereocenters. The first kappa shape index (κ1) is 16.3. The van der Waals surface area contributed by atoms with E-state index in [4.69, 9.17) is 9.15 Å². The Kier molecular flexibility index (Phi) is 5.77. The summed E-state index contributed by atoms with van der Waals surface area (Å²) in [7, 11) is 0. The summed E-state index contributed by atoms with van der Waals surface area (Å²) >= 11 is 3.36. The second-order valence-electron chi connectivity index (χ2n) is 4.59. The maximum absolute atomic E-state index is 12.0. The molecular formula is C16H16BrNO4. The molecule has 5 nitrogen and oxygen atoms in total.